The van der Waals surface area contributed by atoms with Crippen LogP contribution in [0.15, 0.2) is 35.5 Å². The monoisotopic (exact) mass is 402 g/mol. The van der Waals surface area contributed by atoms with Crippen LogP contribution in [0.1, 0.15) is 18.4 Å². The number of aryl methyl sites for hydroxylation is 1. The zero-order chi connectivity index (χ0) is 19.9. The van der Waals surface area contributed by atoms with Gasteiger partial charge < -0.3 is 15.0 Å². The minimum atomic E-state index is -3.56. The Bertz CT molecular complexity index is 1110. The van der Waals surface area contributed by atoms with Gasteiger partial charge in [0.25, 0.3) is 0 Å². The summed E-state index contributed by atoms with van der Waals surface area (Å²) in [6, 6.07) is 6.75. The lowest BCUT2D eigenvalue weighted by Gasteiger charge is -2.24. The number of imidazole rings is 1. The molecule has 4 rings (SSSR count). The molecule has 2 aromatic heterocycles. The Kier molecular flexibility index (Phi) is 4.68. The van der Waals surface area contributed by atoms with Crippen LogP contribution < -0.4 is 10.5 Å². The fourth-order valence-corrected chi connectivity index (χ4v) is 5.28. The number of anilines is 1. The van der Waals surface area contributed by atoms with Gasteiger partial charge in [-0.1, -0.05) is 17.7 Å². The standard InChI is InChI=1S/C18H22N6O3S/c1-12-5-7-14(8-6-12)28(25,26)24-9-3-4-13(24)10-23-11-20-15-16(23)21-18(19)22-17(15)27-2/h5-8,11,13H,3-4,9-10H2,1-2H3,(H2,19,21,22)/t13-/m1/s1. The molecule has 1 saturated heterocycles. The number of fused-ring (bicyclic) bond motifs is 1. The summed E-state index contributed by atoms with van der Waals surface area (Å²) in [7, 11) is -2.07. The molecule has 3 aromatic rings. The van der Waals surface area contributed by atoms with Gasteiger partial charge in [0.05, 0.1) is 18.3 Å². The second kappa shape index (κ2) is 7.02. The maximum absolute atomic E-state index is 13.1. The van der Waals surface area contributed by atoms with Crippen LogP contribution >= 0.6 is 0 Å². The maximum Gasteiger partial charge on any atom is 0.246 e. The molecule has 0 radical (unpaired) electrons. The first-order valence-corrected chi connectivity index (χ1v) is 10.4. The van der Waals surface area contributed by atoms with Crippen molar-refractivity contribution in [1.82, 2.24) is 23.8 Å². The molecule has 0 amide bonds. The average molecular weight is 402 g/mol. The fourth-order valence-electron chi connectivity index (χ4n) is 3.59. The number of benzene rings is 1. The molecule has 148 valence electrons. The van der Waals surface area contributed by atoms with E-state index in [1.165, 1.54) is 7.11 Å². The number of sulfonamides is 1. The van der Waals surface area contributed by atoms with Crippen molar-refractivity contribution in [2.24, 2.45) is 0 Å². The predicted octanol–water partition coefficient (Wildman–Crippen LogP) is 1.58. The largest absolute Gasteiger partial charge is 0.479 e. The molecule has 0 unspecified atom stereocenters. The van der Waals surface area contributed by atoms with Crippen molar-refractivity contribution in [2.45, 2.75) is 37.2 Å². The van der Waals surface area contributed by atoms with Gasteiger partial charge in [-0.3, -0.25) is 0 Å². The summed E-state index contributed by atoms with van der Waals surface area (Å²) < 4.78 is 34.9. The highest BCUT2D eigenvalue weighted by Crippen LogP contribution is 2.29. The Morgan fingerprint density at radius 2 is 2.00 bits per heavy atom. The second-order valence-corrected chi connectivity index (χ2v) is 8.78. The summed E-state index contributed by atoms with van der Waals surface area (Å²) in [5, 5.41) is 0. The summed E-state index contributed by atoms with van der Waals surface area (Å²) in [6.07, 6.45) is 3.20. The average Bonchev–Trinajstić information content (AvgIpc) is 3.29. The minimum absolute atomic E-state index is 0.0849. The van der Waals surface area contributed by atoms with Crippen molar-refractivity contribution >= 4 is 27.1 Å². The van der Waals surface area contributed by atoms with Gasteiger partial charge >= 0.3 is 0 Å². The van der Waals surface area contributed by atoms with Crippen molar-refractivity contribution in [2.75, 3.05) is 19.4 Å². The third-order valence-corrected chi connectivity index (χ3v) is 6.97. The number of ether oxygens (including phenoxy) is 1. The van der Waals surface area contributed by atoms with Gasteiger partial charge in [-0.2, -0.15) is 14.3 Å². The van der Waals surface area contributed by atoms with Crippen LogP contribution in [-0.4, -0.2) is 51.9 Å². The molecule has 0 spiro atoms. The predicted molar refractivity (Wildman–Crippen MR) is 104 cm³/mol. The topological polar surface area (TPSA) is 116 Å². The van der Waals surface area contributed by atoms with E-state index in [1.54, 1.807) is 22.8 Å². The molecule has 3 heterocycles. The summed E-state index contributed by atoms with van der Waals surface area (Å²) in [4.78, 5) is 12.9. The Morgan fingerprint density at radius 3 is 2.71 bits per heavy atom. The zero-order valence-corrected chi connectivity index (χ0v) is 16.6. The molecule has 0 saturated carbocycles. The molecule has 1 aliphatic heterocycles. The van der Waals surface area contributed by atoms with Crippen LogP contribution in [0.4, 0.5) is 5.95 Å². The SMILES string of the molecule is COc1nc(N)nc2c1ncn2C[C@H]1CCCN1S(=O)(=O)c1ccc(C)cc1. The number of rotatable bonds is 5. The van der Waals surface area contributed by atoms with Crippen molar-refractivity contribution in [1.29, 1.82) is 0 Å². The summed E-state index contributed by atoms with van der Waals surface area (Å²) >= 11 is 0. The lowest BCUT2D eigenvalue weighted by atomic mass is 10.2. The highest BCUT2D eigenvalue weighted by molar-refractivity contribution is 7.89. The molecule has 10 heteroatoms. The molecule has 9 nitrogen and oxygen atoms in total. The molecule has 28 heavy (non-hydrogen) atoms. The Labute approximate surface area is 163 Å². The van der Waals surface area contributed by atoms with Crippen molar-refractivity contribution in [3.05, 3.63) is 36.2 Å². The Hall–Kier alpha value is -2.72. The van der Waals surface area contributed by atoms with Crippen molar-refractivity contribution < 1.29 is 13.2 Å². The number of nitrogens with zero attached hydrogens (tertiary/aromatic N) is 5. The molecule has 1 aliphatic rings. The number of hydrogen-bond acceptors (Lipinski definition) is 7. The normalized spacial score (nSPS) is 18.0. The van der Waals surface area contributed by atoms with E-state index in [4.69, 9.17) is 10.5 Å². The van der Waals surface area contributed by atoms with E-state index < -0.39 is 10.0 Å². The maximum atomic E-state index is 13.1. The van der Waals surface area contributed by atoms with Gasteiger partial charge in [0.2, 0.25) is 21.9 Å². The molecule has 0 aliphatic carbocycles. The van der Waals surface area contributed by atoms with E-state index in [-0.39, 0.29) is 12.0 Å². The van der Waals surface area contributed by atoms with Crippen LogP contribution in [0.3, 0.4) is 0 Å². The number of aromatic nitrogens is 4. The third-order valence-electron chi connectivity index (χ3n) is 5.00. The highest BCUT2D eigenvalue weighted by Gasteiger charge is 2.35. The Morgan fingerprint density at radius 1 is 1.25 bits per heavy atom. The van der Waals surface area contributed by atoms with Crippen molar-refractivity contribution in [3.8, 4) is 5.88 Å². The quantitative estimate of drug-likeness (QED) is 0.688. The van der Waals surface area contributed by atoms with E-state index >= 15 is 0 Å². The number of methoxy groups -OCH3 is 1. The molecule has 1 fully saturated rings. The van der Waals surface area contributed by atoms with Crippen LogP contribution in [0.2, 0.25) is 0 Å². The molecule has 2 N–H and O–H groups in total. The van der Waals surface area contributed by atoms with Crippen LogP contribution in [-0.2, 0) is 16.6 Å². The van der Waals surface area contributed by atoms with E-state index in [2.05, 4.69) is 15.0 Å². The summed E-state index contributed by atoms with van der Waals surface area (Å²) in [5.41, 5.74) is 7.83. The van der Waals surface area contributed by atoms with Crippen molar-refractivity contribution in [3.63, 3.8) is 0 Å². The van der Waals surface area contributed by atoms with Gasteiger partial charge in [0.1, 0.15) is 0 Å². The minimum Gasteiger partial charge on any atom is -0.479 e. The number of nitrogens with two attached hydrogens (primary N) is 1. The lowest BCUT2D eigenvalue weighted by molar-refractivity contribution is 0.354. The van der Waals surface area contributed by atoms with Gasteiger partial charge in [-0.15, -0.1) is 0 Å². The molecular formula is C18H22N6O3S. The van der Waals surface area contributed by atoms with Crippen LogP contribution in [0.5, 0.6) is 5.88 Å². The smallest absolute Gasteiger partial charge is 0.246 e. The Balaban J connectivity index is 1.66. The van der Waals surface area contributed by atoms with Crippen LogP contribution in [0, 0.1) is 6.92 Å². The van der Waals surface area contributed by atoms with Gasteiger partial charge in [-0.25, -0.2) is 13.4 Å². The lowest BCUT2D eigenvalue weighted by Crippen LogP contribution is -2.38. The third kappa shape index (κ3) is 3.18. The second-order valence-electron chi connectivity index (χ2n) is 6.89. The first-order valence-electron chi connectivity index (χ1n) is 9.01. The fraction of sp³-hybridized carbons (Fsp3) is 0.389. The summed E-state index contributed by atoms with van der Waals surface area (Å²) in [6.45, 7) is 2.86. The van der Waals surface area contributed by atoms with E-state index in [1.807, 2.05) is 23.6 Å². The molecular weight excluding hydrogens is 380 g/mol. The first kappa shape index (κ1) is 18.6. The first-order chi connectivity index (χ1) is 13.4. The number of nitrogen functional groups attached to an aromatic ring is 1. The number of hydrogen-bond donors (Lipinski definition) is 1. The summed E-state index contributed by atoms with van der Waals surface area (Å²) in [5.74, 6) is 0.387. The molecule has 0 bridgehead atoms. The van der Waals surface area contributed by atoms with E-state index in [9.17, 15) is 8.42 Å². The van der Waals surface area contributed by atoms with Gasteiger partial charge in [-0.05, 0) is 31.9 Å². The van der Waals surface area contributed by atoms with E-state index in [0.29, 0.717) is 35.0 Å². The molecule has 1 aromatic carbocycles. The molecule has 1 atom stereocenters. The zero-order valence-electron chi connectivity index (χ0n) is 15.7. The van der Waals surface area contributed by atoms with Gasteiger partial charge in [0, 0.05) is 19.1 Å². The van der Waals surface area contributed by atoms with Crippen LogP contribution in [0.25, 0.3) is 11.2 Å². The van der Waals surface area contributed by atoms with E-state index in [0.717, 1.165) is 18.4 Å². The van der Waals surface area contributed by atoms with Gasteiger partial charge in [0.15, 0.2) is 11.2 Å². The highest BCUT2D eigenvalue weighted by atomic mass is 32.2.